The maximum atomic E-state index is 13.6. The van der Waals surface area contributed by atoms with Gasteiger partial charge in [0, 0.05) is 35.7 Å². The molecule has 6 rings (SSSR count). The van der Waals surface area contributed by atoms with E-state index >= 15 is 0 Å². The summed E-state index contributed by atoms with van der Waals surface area (Å²) in [5.74, 6) is -20.2. The maximum Gasteiger partial charge on any atom is 0.426 e. The van der Waals surface area contributed by atoms with E-state index in [0.29, 0.717) is 28.6 Å². The molecule has 690 valence electrons. The third-order valence-corrected chi connectivity index (χ3v) is 31.3. The van der Waals surface area contributed by atoms with Crippen LogP contribution in [0.15, 0.2) is 72.8 Å². The van der Waals surface area contributed by atoms with Gasteiger partial charge in [-0.3, -0.25) is 14.4 Å². The molecule has 0 fully saturated rings. The van der Waals surface area contributed by atoms with Crippen LogP contribution < -0.4 is 0 Å². The molecule has 0 bridgehead atoms. The molecule has 0 radical (unpaired) electrons. The number of halogens is 23. The summed E-state index contributed by atoms with van der Waals surface area (Å²) in [6.45, 7) is -2.54. The zero-order valence-electron chi connectivity index (χ0n) is 61.7. The highest BCUT2D eigenvalue weighted by atomic mass is 127. The van der Waals surface area contributed by atoms with E-state index in [9.17, 15) is 142 Å². The summed E-state index contributed by atoms with van der Waals surface area (Å²) >= 11 is 26.1. The van der Waals surface area contributed by atoms with Crippen LogP contribution in [0.3, 0.4) is 0 Å². The molecular weight excluding hydrogens is 3360 g/mol. The molecule has 6 aromatic carbocycles. The molecule has 57 heteroatoms. The first-order valence-electron chi connectivity index (χ1n) is 32.7. The number of carbonyl (C=O) groups is 9. The van der Waals surface area contributed by atoms with Crippen molar-refractivity contribution in [3.8, 4) is 23.0 Å². The Morgan fingerprint density at radius 1 is 0.320 bits per heavy atom. The Balaban J connectivity index is 0.000000393. The second kappa shape index (κ2) is 49.2. The molecular formula is C68H50F9I14O31S3-3. The van der Waals surface area contributed by atoms with Crippen LogP contribution in [0.25, 0.3) is 0 Å². The van der Waals surface area contributed by atoms with Gasteiger partial charge in [-0.25, -0.2) is 54.0 Å². The molecule has 31 nitrogen and oxygen atoms in total. The lowest BCUT2D eigenvalue weighted by Crippen LogP contribution is -2.48. The first-order valence-corrected chi connectivity index (χ1v) is 52.6. The summed E-state index contributed by atoms with van der Waals surface area (Å²) in [7, 11) is -16.5. The second-order valence-corrected chi connectivity index (χ2v) is 46.3. The Morgan fingerprint density at radius 3 is 0.704 bits per heavy atom. The molecule has 0 aromatic heterocycles. The standard InChI is InChI=1S/C23H17F3I6O9S.C23H19F3I4O11S.C22H17F3I4O11S/c2*1-2-22(21(35)41-16(23(24,25)26)7-42(36,37)38,8-39-19(33)12-3-10(27)5-14(29)17(12)31)9-40-20(34)13-4-11(28)6-15(30)18(13)32;1-21(20(34)40-15(22(23,24)25)6-41(35,36)37,7-38-18(32)11-2-9(26)4-13(28)16(11)30)8-39-19(33)12-3-10(27)5-14(29)17(12)31/h3-6,16H,2,7-9H2,1H3,(H,36,37,38);3-6,16,31-32H,2,7-9H2,1H3,(H,36,37,38);2-5,15,30-31H,6-8H2,1H3,(H,35,36,37)/p-3. The average molecular weight is 3410 g/mol. The van der Waals surface area contributed by atoms with Crippen molar-refractivity contribution >= 4 is 400 Å². The lowest BCUT2D eigenvalue weighted by Gasteiger charge is -2.32. The van der Waals surface area contributed by atoms with Gasteiger partial charge in [-0.15, -0.1) is 0 Å². The van der Waals surface area contributed by atoms with Crippen LogP contribution in [0.1, 0.15) is 95.8 Å². The molecule has 0 aliphatic rings. The van der Waals surface area contributed by atoms with Crippen molar-refractivity contribution in [2.75, 3.05) is 56.9 Å². The van der Waals surface area contributed by atoms with Gasteiger partial charge >= 0.3 is 72.3 Å². The molecule has 0 aliphatic heterocycles. The van der Waals surface area contributed by atoms with Gasteiger partial charge in [-0.1, -0.05) is 13.8 Å². The first-order chi connectivity index (χ1) is 57.0. The number of benzene rings is 6. The van der Waals surface area contributed by atoms with Crippen molar-refractivity contribution in [1.29, 1.82) is 0 Å². The van der Waals surface area contributed by atoms with Crippen molar-refractivity contribution < 1.29 is 185 Å². The van der Waals surface area contributed by atoms with Gasteiger partial charge in [0.25, 0.3) is 0 Å². The minimum absolute atomic E-state index is 0.121. The van der Waals surface area contributed by atoms with Gasteiger partial charge in [-0.05, 0) is 409 Å². The lowest BCUT2D eigenvalue weighted by atomic mass is 9.86. The predicted octanol–water partition coefficient (Wildman–Crippen LogP) is 16.2. The number of carbonyl (C=O) groups excluding carboxylic acids is 9. The number of ether oxygens (including phenoxy) is 9. The van der Waals surface area contributed by atoms with Crippen LogP contribution in [0.2, 0.25) is 0 Å². The Labute approximate surface area is 893 Å². The summed E-state index contributed by atoms with van der Waals surface area (Å²) in [6.07, 6.45) is -27.3. The lowest BCUT2D eigenvalue weighted by molar-refractivity contribution is -0.223. The van der Waals surface area contributed by atoms with Crippen molar-refractivity contribution in [2.24, 2.45) is 16.2 Å². The van der Waals surface area contributed by atoms with Crippen molar-refractivity contribution in [2.45, 2.75) is 70.5 Å². The zero-order chi connectivity index (χ0) is 95.9. The summed E-state index contributed by atoms with van der Waals surface area (Å²) in [5, 5.41) is 41.0. The van der Waals surface area contributed by atoms with E-state index in [1.54, 1.807) is 102 Å². The van der Waals surface area contributed by atoms with Crippen LogP contribution in [-0.4, -0.2) is 207 Å². The fourth-order valence-electron chi connectivity index (χ4n) is 9.12. The SMILES string of the molecule is CC(COC(=O)c1cc(I)cc(I)c1O)(COC(=O)c1cc(I)cc(I)c1O)C(=O)OC(CS(=O)(=O)[O-])C(F)(F)F.CCC(COC(=O)c1cc(I)cc(I)c1I)(COC(=O)c1cc(I)cc(I)c1I)C(=O)OC(CS(=O)(=O)[O-])C(F)(F)F.CCC(COC(=O)c1cc(I)cc(I)c1O)(COC(=O)c1cc(I)cc(I)c1O)C(=O)OC(CS(=O)(=O)[O-])C(F)(F)F. The van der Waals surface area contributed by atoms with E-state index in [4.69, 9.17) is 28.4 Å². The van der Waals surface area contributed by atoms with Gasteiger partial charge in [0.1, 0.15) is 101 Å². The number of hydrogen-bond acceptors (Lipinski definition) is 31. The van der Waals surface area contributed by atoms with Crippen LogP contribution in [0, 0.1) is 66.2 Å². The van der Waals surface area contributed by atoms with Gasteiger partial charge < -0.3 is 76.7 Å². The molecule has 3 unspecified atom stereocenters. The minimum Gasteiger partial charge on any atom is -0.748 e. The van der Waals surface area contributed by atoms with Crippen molar-refractivity contribution in [3.05, 3.63) is 156 Å². The maximum absolute atomic E-state index is 13.6. The van der Waals surface area contributed by atoms with E-state index in [1.165, 1.54) is 74.5 Å². The number of rotatable bonds is 32. The molecule has 125 heavy (non-hydrogen) atoms. The number of phenolic OH excluding ortho intramolecular Hbond substituents is 4. The van der Waals surface area contributed by atoms with E-state index < -0.39 is 223 Å². The predicted molar refractivity (Wildman–Crippen MR) is 530 cm³/mol. The van der Waals surface area contributed by atoms with Gasteiger partial charge in [0.2, 0.25) is 18.3 Å². The topological polar surface area (TPSA) is 489 Å². The second-order valence-electron chi connectivity index (χ2n) is 25.4. The van der Waals surface area contributed by atoms with Crippen LogP contribution >= 0.6 is 316 Å². The van der Waals surface area contributed by atoms with Gasteiger partial charge in [0.15, 0.2) is 0 Å². The van der Waals surface area contributed by atoms with Gasteiger partial charge in [0.05, 0.1) is 73.0 Å². The molecule has 0 saturated carbocycles. The summed E-state index contributed by atoms with van der Waals surface area (Å²) in [5.41, 5.74) is -8.07. The van der Waals surface area contributed by atoms with Gasteiger partial charge in [-0.2, -0.15) is 39.5 Å². The molecule has 0 saturated heterocycles. The Hall–Kier alpha value is -0.930. The monoisotopic (exact) mass is 3410 g/mol. The largest absolute Gasteiger partial charge is 0.748 e. The van der Waals surface area contributed by atoms with Crippen LogP contribution in [-0.2, 0) is 87.4 Å². The smallest absolute Gasteiger partial charge is 0.426 e. The van der Waals surface area contributed by atoms with E-state index in [0.717, 1.165) is 14.1 Å². The highest BCUT2D eigenvalue weighted by molar-refractivity contribution is 14.1. The third-order valence-electron chi connectivity index (χ3n) is 16.0. The van der Waals surface area contributed by atoms with E-state index in [1.807, 2.05) is 226 Å². The normalized spacial score (nSPS) is 12.9. The summed E-state index contributed by atoms with van der Waals surface area (Å²) in [4.78, 5) is 116. The van der Waals surface area contributed by atoms with E-state index in [-0.39, 0.29) is 54.1 Å². The summed E-state index contributed by atoms with van der Waals surface area (Å²) in [6, 6.07) is 17.7. The number of alkyl halides is 9. The van der Waals surface area contributed by atoms with Crippen molar-refractivity contribution in [1.82, 2.24) is 0 Å². The Morgan fingerprint density at radius 2 is 0.504 bits per heavy atom. The fourth-order valence-corrected chi connectivity index (χ4v) is 23.1. The quantitative estimate of drug-likeness (QED) is 0.00761. The molecule has 6 aromatic rings. The number of hydrogen-bond donors (Lipinski definition) is 4. The number of aromatic hydroxyl groups is 4. The molecule has 0 heterocycles. The molecule has 0 aliphatic carbocycles. The Kier molecular flexibility index (Phi) is 45.8. The minimum atomic E-state index is -5.53. The molecule has 0 spiro atoms. The number of phenols is 4. The average Bonchev–Trinajstić information content (AvgIpc) is 0.805. The van der Waals surface area contributed by atoms with Crippen LogP contribution in [0.4, 0.5) is 39.5 Å². The molecule has 3 atom stereocenters. The molecule has 0 amide bonds. The first kappa shape index (κ1) is 116. The number of esters is 9. The highest BCUT2D eigenvalue weighted by Crippen LogP contribution is 2.40. The Bertz CT molecular complexity index is 5040. The fraction of sp³-hybridized carbons (Fsp3) is 0.338. The van der Waals surface area contributed by atoms with E-state index in [2.05, 4.69) is 14.2 Å². The third kappa shape index (κ3) is 35.9. The molecule has 4 N–H and O–H groups in total. The van der Waals surface area contributed by atoms with Crippen LogP contribution in [0.5, 0.6) is 23.0 Å². The highest BCUT2D eigenvalue weighted by Gasteiger charge is 2.53. The summed E-state index contributed by atoms with van der Waals surface area (Å²) < 4.78 is 272. The zero-order valence-corrected chi connectivity index (χ0v) is 94.3. The van der Waals surface area contributed by atoms with Crippen molar-refractivity contribution in [3.63, 3.8) is 0 Å².